The maximum atomic E-state index is 13.4. The predicted octanol–water partition coefficient (Wildman–Crippen LogP) is 5.49. The van der Waals surface area contributed by atoms with Gasteiger partial charge in [-0.1, -0.05) is 122 Å². The zero-order valence-electron chi connectivity index (χ0n) is 40.2. The molecule has 18 nitrogen and oxygen atoms in total. The smallest absolute Gasteiger partial charge is 0.462 e. The van der Waals surface area contributed by atoms with Crippen LogP contribution in [-0.4, -0.2) is 151 Å². The molecule has 2 fully saturated rings. The van der Waals surface area contributed by atoms with Gasteiger partial charge in [0.15, 0.2) is 12.4 Å². The molecule has 0 bridgehead atoms. The highest BCUT2D eigenvalue weighted by atomic mass is 31.2. The fourth-order valence-corrected chi connectivity index (χ4v) is 8.89. The summed E-state index contributed by atoms with van der Waals surface area (Å²) in [6.07, 6.45) is 9.86. The lowest BCUT2D eigenvalue weighted by Gasteiger charge is -2.47. The molecule has 0 amide bonds. The van der Waals surface area contributed by atoms with E-state index in [9.17, 15) is 59.9 Å². The molecular weight excluding hydrogens is 895 g/mol. The van der Waals surface area contributed by atoms with Gasteiger partial charge in [-0.15, -0.1) is 0 Å². The fourth-order valence-electron chi connectivity index (χ4n) is 7.93. The number of rotatable bonds is 38. The normalized spacial score (nSPS) is 28.2. The number of carbonyl (C=O) groups is 2. The van der Waals surface area contributed by atoms with Crippen molar-refractivity contribution in [1.29, 1.82) is 0 Å². The van der Waals surface area contributed by atoms with Gasteiger partial charge in [-0.2, -0.15) is 0 Å². The van der Waals surface area contributed by atoms with E-state index in [4.69, 9.17) is 28.0 Å². The number of aliphatic hydroxyl groups is 8. The van der Waals surface area contributed by atoms with E-state index in [1.54, 1.807) is 0 Å². The number of aliphatic hydroxyl groups excluding tert-OH is 8. The Morgan fingerprint density at radius 2 is 0.985 bits per heavy atom. The molecule has 0 spiro atoms. The van der Waals surface area contributed by atoms with Crippen LogP contribution in [0.15, 0.2) is 24.3 Å². The van der Waals surface area contributed by atoms with E-state index in [1.165, 1.54) is 83.5 Å². The van der Waals surface area contributed by atoms with E-state index in [1.807, 2.05) is 0 Å². The first-order valence-corrected chi connectivity index (χ1v) is 26.7. The van der Waals surface area contributed by atoms with Crippen LogP contribution in [0, 0.1) is 0 Å². The highest BCUT2D eigenvalue weighted by molar-refractivity contribution is 7.47. The number of phosphoric ester groups is 1. The average molecular weight is 983 g/mol. The quantitative estimate of drug-likeness (QED) is 0.0160. The van der Waals surface area contributed by atoms with Crippen molar-refractivity contribution in [2.24, 2.45) is 0 Å². The summed E-state index contributed by atoms with van der Waals surface area (Å²) in [5, 5.41) is 82.9. The summed E-state index contributed by atoms with van der Waals surface area (Å²) in [7, 11) is -5.38. The second kappa shape index (κ2) is 36.1. The van der Waals surface area contributed by atoms with Crippen LogP contribution in [-0.2, 0) is 42.1 Å². The van der Waals surface area contributed by atoms with Gasteiger partial charge < -0.3 is 64.7 Å². The van der Waals surface area contributed by atoms with Gasteiger partial charge in [-0.05, 0) is 64.2 Å². The van der Waals surface area contributed by atoms with Crippen LogP contribution < -0.4 is 0 Å². The van der Waals surface area contributed by atoms with Crippen molar-refractivity contribution in [3.8, 4) is 0 Å². The van der Waals surface area contributed by atoms with Crippen molar-refractivity contribution in [2.45, 2.75) is 248 Å². The molecule has 13 atom stereocenters. The van der Waals surface area contributed by atoms with Crippen molar-refractivity contribution in [1.82, 2.24) is 0 Å². The van der Waals surface area contributed by atoms with Crippen LogP contribution in [0.3, 0.4) is 0 Å². The van der Waals surface area contributed by atoms with E-state index in [-0.39, 0.29) is 12.8 Å². The first kappa shape index (κ1) is 61.3. The SMILES string of the molecule is CCCCCCCCC=CCCCCCC(=O)OC(COC(=O)CCCCCC=CCCCCCCCCC)COP(=O)(O)OC1C(O)C(O)C(O)C(O)C1OC1OC(CO)C(O)C(O)C1O. The van der Waals surface area contributed by atoms with Crippen LogP contribution in [0.4, 0.5) is 0 Å². The van der Waals surface area contributed by atoms with Crippen LogP contribution in [0.2, 0.25) is 0 Å². The first-order valence-electron chi connectivity index (χ1n) is 25.2. The van der Waals surface area contributed by atoms with Crippen LogP contribution in [0.1, 0.15) is 174 Å². The topological polar surface area (TPSA) is 289 Å². The maximum Gasteiger partial charge on any atom is 0.472 e. The molecule has 13 unspecified atom stereocenters. The molecular formula is C48H87O18P. The summed E-state index contributed by atoms with van der Waals surface area (Å²) < 4.78 is 45.4. The Bertz CT molecular complexity index is 1400. The molecule has 2 rings (SSSR count). The summed E-state index contributed by atoms with van der Waals surface area (Å²) in [5.41, 5.74) is 0. The monoisotopic (exact) mass is 983 g/mol. The highest BCUT2D eigenvalue weighted by Gasteiger charge is 2.55. The molecule has 1 aliphatic heterocycles. The van der Waals surface area contributed by atoms with Crippen LogP contribution in [0.5, 0.6) is 0 Å². The molecule has 0 aromatic carbocycles. The van der Waals surface area contributed by atoms with Crippen molar-refractivity contribution >= 4 is 19.8 Å². The Balaban J connectivity index is 1.97. The van der Waals surface area contributed by atoms with Gasteiger partial charge >= 0.3 is 19.8 Å². The van der Waals surface area contributed by atoms with E-state index in [0.717, 1.165) is 51.4 Å². The third kappa shape index (κ3) is 25.2. The Morgan fingerprint density at radius 3 is 1.48 bits per heavy atom. The molecule has 0 aromatic rings. The van der Waals surface area contributed by atoms with Crippen LogP contribution in [0.25, 0.3) is 0 Å². The van der Waals surface area contributed by atoms with Gasteiger partial charge in [0.05, 0.1) is 13.2 Å². The molecule has 1 saturated heterocycles. The summed E-state index contributed by atoms with van der Waals surface area (Å²) >= 11 is 0. The average Bonchev–Trinajstić information content (AvgIpc) is 3.31. The van der Waals surface area contributed by atoms with Gasteiger partial charge in [0, 0.05) is 12.8 Å². The predicted molar refractivity (Wildman–Crippen MR) is 249 cm³/mol. The van der Waals surface area contributed by atoms with Crippen molar-refractivity contribution in [3.05, 3.63) is 24.3 Å². The largest absolute Gasteiger partial charge is 0.472 e. The summed E-state index contributed by atoms with van der Waals surface area (Å²) in [5.74, 6) is -1.25. The Hall–Kier alpha value is -1.87. The Morgan fingerprint density at radius 1 is 0.552 bits per heavy atom. The van der Waals surface area contributed by atoms with Crippen molar-refractivity contribution in [3.63, 3.8) is 0 Å². The molecule has 1 aliphatic carbocycles. The zero-order chi connectivity index (χ0) is 49.5. The third-order valence-corrected chi connectivity index (χ3v) is 13.1. The van der Waals surface area contributed by atoms with E-state index in [0.29, 0.717) is 12.8 Å². The first-order chi connectivity index (χ1) is 32.2. The minimum absolute atomic E-state index is 0.00996. The molecule has 0 radical (unpaired) electrons. The maximum absolute atomic E-state index is 13.4. The number of hydrogen-bond acceptors (Lipinski definition) is 17. The molecule has 392 valence electrons. The fraction of sp³-hybridized carbons (Fsp3) is 0.875. The number of allylic oxidation sites excluding steroid dienone is 4. The van der Waals surface area contributed by atoms with Crippen molar-refractivity contribution in [2.75, 3.05) is 19.8 Å². The highest BCUT2D eigenvalue weighted by Crippen LogP contribution is 2.48. The number of hydrogen-bond donors (Lipinski definition) is 9. The number of esters is 2. The van der Waals surface area contributed by atoms with Gasteiger partial charge in [0.2, 0.25) is 0 Å². The molecule has 1 heterocycles. The lowest BCUT2D eigenvalue weighted by Crippen LogP contribution is -2.67. The molecule has 0 aromatic heterocycles. The zero-order valence-corrected chi connectivity index (χ0v) is 41.1. The summed E-state index contributed by atoms with van der Waals surface area (Å²) in [6.45, 7) is 2.18. The number of unbranched alkanes of at least 4 members (excludes halogenated alkanes) is 19. The molecule has 19 heteroatoms. The summed E-state index contributed by atoms with van der Waals surface area (Å²) in [6, 6.07) is 0. The minimum Gasteiger partial charge on any atom is -0.462 e. The lowest BCUT2D eigenvalue weighted by molar-refractivity contribution is -0.338. The van der Waals surface area contributed by atoms with Crippen molar-refractivity contribution < 1.29 is 87.9 Å². The minimum atomic E-state index is -5.38. The Labute approximate surface area is 398 Å². The van der Waals surface area contributed by atoms with Gasteiger partial charge in [-0.25, -0.2) is 4.57 Å². The van der Waals surface area contributed by atoms with Gasteiger partial charge in [0.25, 0.3) is 0 Å². The molecule has 1 saturated carbocycles. The van der Waals surface area contributed by atoms with Crippen LogP contribution >= 0.6 is 7.82 Å². The number of ether oxygens (including phenoxy) is 4. The molecule has 2 aliphatic rings. The second-order valence-corrected chi connectivity index (χ2v) is 19.4. The second-order valence-electron chi connectivity index (χ2n) is 18.0. The lowest BCUT2D eigenvalue weighted by atomic mass is 9.84. The Kier molecular flexibility index (Phi) is 33.0. The molecule has 67 heavy (non-hydrogen) atoms. The number of carbonyl (C=O) groups excluding carboxylic acids is 2. The third-order valence-electron chi connectivity index (χ3n) is 12.1. The van der Waals surface area contributed by atoms with E-state index >= 15 is 0 Å². The number of phosphoric acid groups is 1. The van der Waals surface area contributed by atoms with E-state index in [2.05, 4.69) is 38.2 Å². The van der Waals surface area contributed by atoms with E-state index < -0.39 is 113 Å². The summed E-state index contributed by atoms with van der Waals surface area (Å²) in [4.78, 5) is 36.5. The van der Waals surface area contributed by atoms with Gasteiger partial charge in [-0.3, -0.25) is 18.6 Å². The molecule has 9 N–H and O–H groups in total. The van der Waals surface area contributed by atoms with Gasteiger partial charge in [0.1, 0.15) is 67.6 Å². The standard InChI is InChI=1S/C48H87O18P/c1-3-5-7-9-11-13-15-17-19-20-22-24-26-28-30-37(50)61-33-35(63-38(51)31-29-27-25-23-21-18-16-14-12-10-8-6-4-2)34-62-67(59,60)66-47-44(57)42(55)41(54)43(56)46(47)65-48-45(58)40(53)39(52)36(32-49)64-48/h18-21,35-36,39-49,52-58H,3-17,22-34H2,1-2H3,(H,59,60).